The Morgan fingerprint density at radius 3 is 2.70 bits per heavy atom. The third-order valence-electron chi connectivity index (χ3n) is 3.63. The van der Waals surface area contributed by atoms with E-state index in [2.05, 4.69) is 4.98 Å². The molecule has 0 unspecified atom stereocenters. The van der Waals surface area contributed by atoms with Crippen molar-refractivity contribution in [3.05, 3.63) is 53.3 Å². The maximum Gasteiger partial charge on any atom is 0.227 e. The van der Waals surface area contributed by atoms with Crippen molar-refractivity contribution in [2.45, 2.75) is 12.8 Å². The molecule has 0 N–H and O–H groups in total. The second-order valence-electron chi connectivity index (χ2n) is 4.93. The van der Waals surface area contributed by atoms with Gasteiger partial charge in [0.25, 0.3) is 0 Å². The molecule has 0 amide bonds. The van der Waals surface area contributed by atoms with Gasteiger partial charge in [-0.3, -0.25) is 4.79 Å². The molecule has 3 aromatic rings. The molecule has 20 heavy (non-hydrogen) atoms. The standard InChI is InChI=1S/C16H10FNO2/c17-11-4-1-9(2-5-11)16-18-13-8-12-10(3-6-14(12)19)7-15(13)20-16/h1-2,4-5,7-8H,3,6H2. The van der Waals surface area contributed by atoms with Gasteiger partial charge in [-0.05, 0) is 48.4 Å². The normalized spacial score (nSPS) is 13.9. The minimum absolute atomic E-state index is 0.160. The molecule has 1 heterocycles. The van der Waals surface area contributed by atoms with Gasteiger partial charge in [0.1, 0.15) is 11.3 Å². The summed E-state index contributed by atoms with van der Waals surface area (Å²) in [5.74, 6) is 0.304. The third-order valence-corrected chi connectivity index (χ3v) is 3.63. The Morgan fingerprint density at radius 2 is 1.90 bits per heavy atom. The van der Waals surface area contributed by atoms with Crippen LogP contribution in [0.4, 0.5) is 4.39 Å². The quantitative estimate of drug-likeness (QED) is 0.674. The minimum atomic E-state index is -0.297. The van der Waals surface area contributed by atoms with Crippen LogP contribution in [0.5, 0.6) is 0 Å². The summed E-state index contributed by atoms with van der Waals surface area (Å²) in [5, 5.41) is 0. The smallest absolute Gasteiger partial charge is 0.227 e. The van der Waals surface area contributed by atoms with Crippen LogP contribution in [0.3, 0.4) is 0 Å². The highest BCUT2D eigenvalue weighted by Crippen LogP contribution is 2.30. The van der Waals surface area contributed by atoms with E-state index in [0.29, 0.717) is 29.0 Å². The molecule has 0 bridgehead atoms. The maximum absolute atomic E-state index is 12.9. The Hall–Kier alpha value is -2.49. The summed E-state index contributed by atoms with van der Waals surface area (Å²) in [4.78, 5) is 16.1. The maximum atomic E-state index is 12.9. The van der Waals surface area contributed by atoms with Crippen LogP contribution in [0.1, 0.15) is 22.3 Å². The van der Waals surface area contributed by atoms with Gasteiger partial charge >= 0.3 is 0 Å². The summed E-state index contributed by atoms with van der Waals surface area (Å²) in [6, 6.07) is 9.66. The number of benzene rings is 2. The topological polar surface area (TPSA) is 43.1 Å². The van der Waals surface area contributed by atoms with E-state index in [1.165, 1.54) is 12.1 Å². The summed E-state index contributed by atoms with van der Waals surface area (Å²) in [6.07, 6.45) is 1.32. The molecule has 98 valence electrons. The van der Waals surface area contributed by atoms with Crippen LogP contribution in [0.2, 0.25) is 0 Å². The zero-order valence-electron chi connectivity index (χ0n) is 10.5. The number of ketones is 1. The molecule has 1 aliphatic rings. The first kappa shape index (κ1) is 11.3. The fourth-order valence-corrected chi connectivity index (χ4v) is 2.58. The minimum Gasteiger partial charge on any atom is -0.436 e. The van der Waals surface area contributed by atoms with Crippen molar-refractivity contribution in [1.29, 1.82) is 0 Å². The molecule has 2 aromatic carbocycles. The van der Waals surface area contributed by atoms with Crippen molar-refractivity contribution in [2.24, 2.45) is 0 Å². The number of nitrogens with zero attached hydrogens (tertiary/aromatic N) is 1. The molecule has 0 fully saturated rings. The number of oxazole rings is 1. The zero-order valence-corrected chi connectivity index (χ0v) is 10.5. The first-order valence-corrected chi connectivity index (χ1v) is 6.43. The lowest BCUT2D eigenvalue weighted by Crippen LogP contribution is -1.90. The largest absolute Gasteiger partial charge is 0.436 e. The molecule has 4 heteroatoms. The lowest BCUT2D eigenvalue weighted by molar-refractivity contribution is 0.0994. The molecular weight excluding hydrogens is 257 g/mol. The number of rotatable bonds is 1. The van der Waals surface area contributed by atoms with Gasteiger partial charge in [-0.2, -0.15) is 0 Å². The van der Waals surface area contributed by atoms with Gasteiger partial charge in [0.15, 0.2) is 11.4 Å². The van der Waals surface area contributed by atoms with Gasteiger partial charge in [-0.25, -0.2) is 9.37 Å². The van der Waals surface area contributed by atoms with Crippen molar-refractivity contribution >= 4 is 16.9 Å². The predicted molar refractivity (Wildman–Crippen MR) is 72.1 cm³/mol. The third kappa shape index (κ3) is 1.65. The molecule has 0 atom stereocenters. The Labute approximate surface area is 114 Å². The van der Waals surface area contributed by atoms with Gasteiger partial charge in [0, 0.05) is 17.5 Å². The van der Waals surface area contributed by atoms with Gasteiger partial charge in [0.2, 0.25) is 5.89 Å². The first-order valence-electron chi connectivity index (χ1n) is 6.43. The zero-order chi connectivity index (χ0) is 13.7. The van der Waals surface area contributed by atoms with Crippen molar-refractivity contribution in [2.75, 3.05) is 0 Å². The van der Waals surface area contributed by atoms with Crippen LogP contribution in [0.25, 0.3) is 22.6 Å². The SMILES string of the molecule is O=C1CCc2cc3oc(-c4ccc(F)cc4)nc3cc21. The van der Waals surface area contributed by atoms with Gasteiger partial charge in [-0.15, -0.1) is 0 Å². The highest BCUT2D eigenvalue weighted by atomic mass is 19.1. The number of aryl methyl sites for hydroxylation is 1. The summed E-state index contributed by atoms with van der Waals surface area (Å²) < 4.78 is 18.6. The van der Waals surface area contributed by atoms with Gasteiger partial charge < -0.3 is 4.42 Å². The number of fused-ring (bicyclic) bond motifs is 2. The molecule has 0 spiro atoms. The van der Waals surface area contributed by atoms with E-state index < -0.39 is 0 Å². The number of aromatic nitrogens is 1. The molecular formula is C16H10FNO2. The second-order valence-corrected chi connectivity index (χ2v) is 4.93. The van der Waals surface area contributed by atoms with E-state index in [1.54, 1.807) is 18.2 Å². The number of carbonyl (C=O) groups is 1. The lowest BCUT2D eigenvalue weighted by atomic mass is 10.1. The van der Waals surface area contributed by atoms with Crippen molar-refractivity contribution < 1.29 is 13.6 Å². The van der Waals surface area contributed by atoms with E-state index in [0.717, 1.165) is 17.5 Å². The molecule has 3 nitrogen and oxygen atoms in total. The number of halogens is 1. The molecule has 4 rings (SSSR count). The van der Waals surface area contributed by atoms with Crippen LogP contribution < -0.4 is 0 Å². The fourth-order valence-electron chi connectivity index (χ4n) is 2.58. The summed E-state index contributed by atoms with van der Waals surface area (Å²) >= 11 is 0. The Bertz CT molecular complexity index is 834. The molecule has 1 aliphatic carbocycles. The highest BCUT2D eigenvalue weighted by molar-refractivity contribution is 6.03. The van der Waals surface area contributed by atoms with Crippen LogP contribution in [-0.2, 0) is 6.42 Å². The molecule has 1 aromatic heterocycles. The Kier molecular flexibility index (Phi) is 2.27. The van der Waals surface area contributed by atoms with Gasteiger partial charge in [-0.1, -0.05) is 0 Å². The monoisotopic (exact) mass is 267 g/mol. The fraction of sp³-hybridized carbons (Fsp3) is 0.125. The number of hydrogen-bond acceptors (Lipinski definition) is 3. The molecule has 0 saturated heterocycles. The van der Waals surface area contributed by atoms with E-state index >= 15 is 0 Å². The summed E-state index contributed by atoms with van der Waals surface area (Å²) in [7, 11) is 0. The van der Waals surface area contributed by atoms with E-state index in [9.17, 15) is 9.18 Å². The van der Waals surface area contributed by atoms with Crippen molar-refractivity contribution in [1.82, 2.24) is 4.98 Å². The first-order chi connectivity index (χ1) is 9.70. The predicted octanol–water partition coefficient (Wildman–Crippen LogP) is 3.76. The van der Waals surface area contributed by atoms with Crippen LogP contribution in [0, 0.1) is 5.82 Å². The molecule has 0 aliphatic heterocycles. The average Bonchev–Trinajstić information content (AvgIpc) is 3.01. The van der Waals surface area contributed by atoms with Gasteiger partial charge in [0.05, 0.1) is 0 Å². The second kappa shape index (κ2) is 4.00. The molecule has 0 saturated carbocycles. The van der Waals surface area contributed by atoms with Crippen LogP contribution in [0.15, 0.2) is 40.8 Å². The highest BCUT2D eigenvalue weighted by Gasteiger charge is 2.21. The van der Waals surface area contributed by atoms with Crippen LogP contribution in [-0.4, -0.2) is 10.8 Å². The summed E-state index contributed by atoms with van der Waals surface area (Å²) in [5.41, 5.74) is 3.81. The Morgan fingerprint density at radius 1 is 1.10 bits per heavy atom. The number of carbonyl (C=O) groups excluding carboxylic acids is 1. The summed E-state index contributed by atoms with van der Waals surface area (Å²) in [6.45, 7) is 0. The van der Waals surface area contributed by atoms with E-state index in [1.807, 2.05) is 6.07 Å². The van der Waals surface area contributed by atoms with E-state index in [4.69, 9.17) is 4.42 Å². The molecule has 0 radical (unpaired) electrons. The average molecular weight is 267 g/mol. The number of hydrogen-bond donors (Lipinski definition) is 0. The van der Waals surface area contributed by atoms with E-state index in [-0.39, 0.29) is 11.6 Å². The van der Waals surface area contributed by atoms with Crippen molar-refractivity contribution in [3.8, 4) is 11.5 Å². The Balaban J connectivity index is 1.87. The number of Topliss-reactive ketones (excluding diaryl/α,β-unsaturated/α-hetero) is 1. The van der Waals surface area contributed by atoms with Crippen molar-refractivity contribution in [3.63, 3.8) is 0 Å². The lowest BCUT2D eigenvalue weighted by Gasteiger charge is -1.95. The van der Waals surface area contributed by atoms with Crippen LogP contribution >= 0.6 is 0 Å².